The molecule has 0 aromatic heterocycles. The molecule has 1 rings (SSSR count). The number of rotatable bonds is 4. The van der Waals surface area contributed by atoms with Crippen LogP contribution in [0.15, 0.2) is 18.2 Å². The van der Waals surface area contributed by atoms with Gasteiger partial charge in [-0.15, -0.1) is 0 Å². The van der Waals surface area contributed by atoms with Gasteiger partial charge in [0.2, 0.25) is 11.7 Å². The number of aromatic hydroxyl groups is 1. The first-order valence-corrected chi connectivity index (χ1v) is 4.51. The molecule has 0 bridgehead atoms. The molecule has 5 nitrogen and oxygen atoms in total. The molecule has 1 aromatic rings. The lowest BCUT2D eigenvalue weighted by Crippen LogP contribution is -2.05. The molecule has 0 saturated carbocycles. The zero-order valence-corrected chi connectivity index (χ0v) is 9.06. The second-order valence-corrected chi connectivity index (χ2v) is 3.01. The van der Waals surface area contributed by atoms with Crippen LogP contribution in [0.1, 0.15) is 5.56 Å². The van der Waals surface area contributed by atoms with Gasteiger partial charge in [0.25, 0.3) is 0 Å². The second-order valence-electron chi connectivity index (χ2n) is 3.01. The van der Waals surface area contributed by atoms with Crippen molar-refractivity contribution in [3.8, 4) is 17.2 Å². The van der Waals surface area contributed by atoms with Crippen LogP contribution in [0, 0.1) is 0 Å². The first-order chi connectivity index (χ1) is 7.58. The molecule has 0 heterocycles. The van der Waals surface area contributed by atoms with Crippen LogP contribution in [-0.2, 0) is 4.79 Å². The van der Waals surface area contributed by atoms with E-state index in [4.69, 9.17) is 15.2 Å². The Labute approximate surface area is 93.1 Å². The van der Waals surface area contributed by atoms with Crippen LogP contribution < -0.4 is 15.2 Å². The quantitative estimate of drug-likeness (QED) is 0.743. The first kappa shape index (κ1) is 11.9. The van der Waals surface area contributed by atoms with Gasteiger partial charge in [-0.05, 0) is 23.8 Å². The molecular formula is C11H13NO4. The minimum absolute atomic E-state index is 0.0639. The van der Waals surface area contributed by atoms with E-state index in [9.17, 15) is 9.90 Å². The lowest BCUT2D eigenvalue weighted by Gasteiger charge is -2.09. The average Bonchev–Trinajstić information content (AvgIpc) is 2.25. The van der Waals surface area contributed by atoms with E-state index < -0.39 is 5.91 Å². The van der Waals surface area contributed by atoms with Crippen LogP contribution in [-0.4, -0.2) is 25.2 Å². The monoisotopic (exact) mass is 223 g/mol. The molecule has 0 aliphatic carbocycles. The maximum Gasteiger partial charge on any atom is 0.241 e. The van der Waals surface area contributed by atoms with E-state index in [1.54, 1.807) is 6.07 Å². The van der Waals surface area contributed by atoms with E-state index in [2.05, 4.69) is 0 Å². The third kappa shape index (κ3) is 2.66. The number of benzene rings is 1. The Morgan fingerprint density at radius 2 is 2.06 bits per heavy atom. The highest BCUT2D eigenvalue weighted by atomic mass is 16.5. The molecule has 0 aliphatic heterocycles. The summed E-state index contributed by atoms with van der Waals surface area (Å²) in [6, 6.07) is 3.07. The number of phenolic OH excluding ortho intramolecular Hbond substituents is 1. The Bertz CT molecular complexity index is 426. The molecule has 0 atom stereocenters. The third-order valence-electron chi connectivity index (χ3n) is 1.92. The highest BCUT2D eigenvalue weighted by molar-refractivity contribution is 5.90. The molecule has 1 amide bonds. The number of hydrogen-bond acceptors (Lipinski definition) is 4. The molecule has 3 N–H and O–H groups in total. The number of methoxy groups -OCH3 is 2. The Hall–Kier alpha value is -2.17. The fourth-order valence-corrected chi connectivity index (χ4v) is 1.24. The standard InChI is InChI=1S/C11H13NO4/c1-15-9-6-7(3-4-10(12)14)5-8(13)11(9)16-2/h3-6,13H,1-2H3,(H2,12,14)/b4-3-. The van der Waals surface area contributed by atoms with Crippen molar-refractivity contribution in [3.05, 3.63) is 23.8 Å². The van der Waals surface area contributed by atoms with Crippen molar-refractivity contribution in [3.63, 3.8) is 0 Å². The van der Waals surface area contributed by atoms with Gasteiger partial charge in [0, 0.05) is 6.08 Å². The van der Waals surface area contributed by atoms with Gasteiger partial charge in [-0.2, -0.15) is 0 Å². The number of carbonyl (C=O) groups excluding carboxylic acids is 1. The van der Waals surface area contributed by atoms with E-state index in [1.165, 1.54) is 32.4 Å². The molecular weight excluding hydrogens is 210 g/mol. The summed E-state index contributed by atoms with van der Waals surface area (Å²) in [5.74, 6) is 0.00518. The van der Waals surface area contributed by atoms with Crippen LogP contribution in [0.3, 0.4) is 0 Å². The fourth-order valence-electron chi connectivity index (χ4n) is 1.24. The van der Waals surface area contributed by atoms with Gasteiger partial charge in [0.05, 0.1) is 14.2 Å². The van der Waals surface area contributed by atoms with Gasteiger partial charge in [-0.25, -0.2) is 0 Å². The summed E-state index contributed by atoms with van der Waals surface area (Å²) >= 11 is 0. The molecule has 0 unspecified atom stereocenters. The summed E-state index contributed by atoms with van der Waals surface area (Å²) in [6.07, 6.45) is 2.67. The molecule has 1 aromatic carbocycles. The number of ether oxygens (including phenoxy) is 2. The van der Waals surface area contributed by atoms with Crippen LogP contribution in [0.2, 0.25) is 0 Å². The van der Waals surface area contributed by atoms with Crippen molar-refractivity contribution >= 4 is 12.0 Å². The zero-order chi connectivity index (χ0) is 12.1. The smallest absolute Gasteiger partial charge is 0.241 e. The number of primary amides is 1. The van der Waals surface area contributed by atoms with Crippen molar-refractivity contribution in [2.75, 3.05) is 14.2 Å². The number of phenols is 1. The minimum atomic E-state index is -0.561. The van der Waals surface area contributed by atoms with Gasteiger partial charge < -0.3 is 20.3 Å². The van der Waals surface area contributed by atoms with Crippen molar-refractivity contribution in [2.45, 2.75) is 0 Å². The number of nitrogens with two attached hydrogens (primary N) is 1. The van der Waals surface area contributed by atoms with E-state index >= 15 is 0 Å². The Kier molecular flexibility index (Phi) is 3.77. The maximum atomic E-state index is 10.6. The van der Waals surface area contributed by atoms with Gasteiger partial charge in [-0.1, -0.05) is 0 Å². The SMILES string of the molecule is COc1cc(/C=C\C(N)=O)cc(O)c1OC. The maximum absolute atomic E-state index is 10.6. The molecule has 16 heavy (non-hydrogen) atoms. The van der Waals surface area contributed by atoms with Gasteiger partial charge in [0.15, 0.2) is 11.5 Å². The molecule has 86 valence electrons. The van der Waals surface area contributed by atoms with Crippen LogP contribution >= 0.6 is 0 Å². The van der Waals surface area contributed by atoms with E-state index in [-0.39, 0.29) is 11.5 Å². The molecule has 0 radical (unpaired) electrons. The molecule has 0 fully saturated rings. The average molecular weight is 223 g/mol. The Balaban J connectivity index is 3.15. The third-order valence-corrected chi connectivity index (χ3v) is 1.92. The summed E-state index contributed by atoms with van der Waals surface area (Å²) in [4.78, 5) is 10.6. The predicted octanol–water partition coefficient (Wildman–Crippen LogP) is 0.908. The normalized spacial score (nSPS) is 10.4. The highest BCUT2D eigenvalue weighted by Crippen LogP contribution is 2.37. The zero-order valence-electron chi connectivity index (χ0n) is 9.06. The topological polar surface area (TPSA) is 81.8 Å². The highest BCUT2D eigenvalue weighted by Gasteiger charge is 2.10. The number of carbonyl (C=O) groups is 1. The van der Waals surface area contributed by atoms with Crippen LogP contribution in [0.5, 0.6) is 17.2 Å². The number of hydrogen-bond donors (Lipinski definition) is 2. The van der Waals surface area contributed by atoms with E-state index in [0.717, 1.165) is 0 Å². The summed E-state index contributed by atoms with van der Waals surface area (Å²) in [6.45, 7) is 0. The van der Waals surface area contributed by atoms with Crippen molar-refractivity contribution in [2.24, 2.45) is 5.73 Å². The van der Waals surface area contributed by atoms with Gasteiger partial charge >= 0.3 is 0 Å². The molecule has 5 heteroatoms. The summed E-state index contributed by atoms with van der Waals surface area (Å²) < 4.78 is 9.99. The predicted molar refractivity (Wildman–Crippen MR) is 59.4 cm³/mol. The fraction of sp³-hybridized carbons (Fsp3) is 0.182. The summed E-state index contributed by atoms with van der Waals surface area (Å²) in [7, 11) is 2.88. The summed E-state index contributed by atoms with van der Waals surface area (Å²) in [5.41, 5.74) is 5.55. The largest absolute Gasteiger partial charge is 0.504 e. The summed E-state index contributed by atoms with van der Waals surface area (Å²) in [5, 5.41) is 9.61. The second kappa shape index (κ2) is 5.06. The molecule has 0 aliphatic rings. The van der Waals surface area contributed by atoms with Crippen LogP contribution in [0.25, 0.3) is 6.08 Å². The lowest BCUT2D eigenvalue weighted by molar-refractivity contribution is -0.113. The van der Waals surface area contributed by atoms with Crippen molar-refractivity contribution < 1.29 is 19.4 Å². The van der Waals surface area contributed by atoms with Crippen molar-refractivity contribution in [1.29, 1.82) is 0 Å². The number of amides is 1. The van der Waals surface area contributed by atoms with E-state index in [1.807, 2.05) is 0 Å². The Morgan fingerprint density at radius 1 is 1.38 bits per heavy atom. The minimum Gasteiger partial charge on any atom is -0.504 e. The lowest BCUT2D eigenvalue weighted by atomic mass is 10.1. The van der Waals surface area contributed by atoms with E-state index in [0.29, 0.717) is 11.3 Å². The molecule has 0 spiro atoms. The Morgan fingerprint density at radius 3 is 2.56 bits per heavy atom. The van der Waals surface area contributed by atoms with Crippen LogP contribution in [0.4, 0.5) is 0 Å². The molecule has 0 saturated heterocycles. The van der Waals surface area contributed by atoms with Gasteiger partial charge in [0.1, 0.15) is 0 Å². The van der Waals surface area contributed by atoms with Crippen molar-refractivity contribution in [1.82, 2.24) is 0 Å². The first-order valence-electron chi connectivity index (χ1n) is 4.51. The van der Waals surface area contributed by atoms with Gasteiger partial charge in [-0.3, -0.25) is 4.79 Å².